The zero-order chi connectivity index (χ0) is 15.2. The van der Waals surface area contributed by atoms with Crippen LogP contribution in [-0.4, -0.2) is 36.1 Å². The van der Waals surface area contributed by atoms with Crippen molar-refractivity contribution in [1.82, 2.24) is 10.1 Å². The Labute approximate surface area is 122 Å². The summed E-state index contributed by atoms with van der Waals surface area (Å²) < 4.78 is 15.2. The van der Waals surface area contributed by atoms with Gasteiger partial charge in [-0.1, -0.05) is 5.16 Å². The molecular formula is C14H19N3O4. The highest BCUT2D eigenvalue weighted by Gasteiger charge is 2.16. The number of hydrogen-bond acceptors (Lipinski definition) is 7. The number of aromatic hydroxyl groups is 1. The number of ether oxygens (including phenoxy) is 2. The zero-order valence-corrected chi connectivity index (χ0v) is 12.1. The van der Waals surface area contributed by atoms with E-state index >= 15 is 0 Å². The number of hydrogen-bond donors (Lipinski definition) is 2. The lowest BCUT2D eigenvalue weighted by atomic mass is 10.1. The van der Waals surface area contributed by atoms with Crippen LogP contribution < -0.4 is 10.5 Å². The van der Waals surface area contributed by atoms with Crippen molar-refractivity contribution >= 4 is 0 Å². The van der Waals surface area contributed by atoms with Crippen LogP contribution in [0, 0.1) is 0 Å². The van der Waals surface area contributed by atoms with Gasteiger partial charge in [-0.2, -0.15) is 4.98 Å². The van der Waals surface area contributed by atoms with Crippen LogP contribution in [0.2, 0.25) is 0 Å². The van der Waals surface area contributed by atoms with Gasteiger partial charge < -0.3 is 24.8 Å². The van der Waals surface area contributed by atoms with Crippen molar-refractivity contribution in [1.29, 1.82) is 0 Å². The fourth-order valence-corrected chi connectivity index (χ4v) is 1.89. The van der Waals surface area contributed by atoms with Crippen molar-refractivity contribution in [3.8, 4) is 22.9 Å². The van der Waals surface area contributed by atoms with Gasteiger partial charge in [-0.25, -0.2) is 0 Å². The summed E-state index contributed by atoms with van der Waals surface area (Å²) in [7, 11) is 3.13. The first-order valence-electron chi connectivity index (χ1n) is 6.61. The molecule has 1 aromatic carbocycles. The summed E-state index contributed by atoms with van der Waals surface area (Å²) in [4.78, 5) is 4.28. The van der Waals surface area contributed by atoms with E-state index in [1.54, 1.807) is 19.2 Å². The van der Waals surface area contributed by atoms with Crippen LogP contribution in [-0.2, 0) is 4.74 Å². The fourth-order valence-electron chi connectivity index (χ4n) is 1.89. The average Bonchev–Trinajstić information content (AvgIpc) is 2.98. The quantitative estimate of drug-likeness (QED) is 0.751. The molecule has 1 heterocycles. The maximum atomic E-state index is 9.57. The summed E-state index contributed by atoms with van der Waals surface area (Å²) in [6.07, 6.45) is 1.52. The number of nitrogens with two attached hydrogens (primary N) is 1. The number of phenols is 1. The van der Waals surface area contributed by atoms with E-state index in [9.17, 15) is 5.11 Å². The Balaban J connectivity index is 2.12. The predicted molar refractivity (Wildman–Crippen MR) is 76.0 cm³/mol. The SMILES string of the molecule is COCCCC(N)c1nc(-c2ccc(O)c(OC)c2)no1. The van der Waals surface area contributed by atoms with E-state index in [1.165, 1.54) is 13.2 Å². The normalized spacial score (nSPS) is 12.3. The minimum Gasteiger partial charge on any atom is -0.504 e. The van der Waals surface area contributed by atoms with Gasteiger partial charge in [0.25, 0.3) is 0 Å². The average molecular weight is 293 g/mol. The van der Waals surface area contributed by atoms with Gasteiger partial charge in [0, 0.05) is 19.3 Å². The van der Waals surface area contributed by atoms with Crippen molar-refractivity contribution in [2.45, 2.75) is 18.9 Å². The standard InChI is InChI=1S/C14H19N3O4/c1-19-7-3-4-10(15)14-16-13(17-21-14)9-5-6-11(18)12(8-9)20-2/h5-6,8,10,18H,3-4,7,15H2,1-2H3. The zero-order valence-electron chi connectivity index (χ0n) is 12.1. The lowest BCUT2D eigenvalue weighted by Crippen LogP contribution is -2.11. The van der Waals surface area contributed by atoms with Gasteiger partial charge in [0.1, 0.15) is 0 Å². The molecule has 0 spiro atoms. The van der Waals surface area contributed by atoms with E-state index < -0.39 is 0 Å². The molecule has 2 aromatic rings. The van der Waals surface area contributed by atoms with Gasteiger partial charge in [0.15, 0.2) is 11.5 Å². The number of nitrogens with zero attached hydrogens (tertiary/aromatic N) is 2. The van der Waals surface area contributed by atoms with E-state index in [0.717, 1.165) is 6.42 Å². The molecule has 0 aliphatic heterocycles. The van der Waals surface area contributed by atoms with Gasteiger partial charge in [0.05, 0.1) is 13.2 Å². The molecule has 0 radical (unpaired) electrons. The molecule has 0 fully saturated rings. The van der Waals surface area contributed by atoms with Gasteiger partial charge in [0.2, 0.25) is 11.7 Å². The Bertz CT molecular complexity index is 585. The van der Waals surface area contributed by atoms with Gasteiger partial charge >= 0.3 is 0 Å². The predicted octanol–water partition coefficient (Wildman–Crippen LogP) is 1.88. The van der Waals surface area contributed by atoms with Crippen molar-refractivity contribution in [3.63, 3.8) is 0 Å². The van der Waals surface area contributed by atoms with Crippen LogP contribution in [0.5, 0.6) is 11.5 Å². The molecule has 1 atom stereocenters. The maximum absolute atomic E-state index is 9.57. The van der Waals surface area contributed by atoms with Crippen LogP contribution >= 0.6 is 0 Å². The van der Waals surface area contributed by atoms with Crippen LogP contribution in [0.1, 0.15) is 24.8 Å². The number of phenolic OH excluding ortho intramolecular Hbond substituents is 1. The van der Waals surface area contributed by atoms with E-state index in [2.05, 4.69) is 10.1 Å². The fraction of sp³-hybridized carbons (Fsp3) is 0.429. The molecule has 0 saturated heterocycles. The molecule has 2 rings (SSSR count). The molecule has 0 saturated carbocycles. The summed E-state index contributed by atoms with van der Waals surface area (Å²) in [5, 5.41) is 13.5. The third-order valence-electron chi connectivity index (χ3n) is 3.06. The summed E-state index contributed by atoms with van der Waals surface area (Å²) in [5.41, 5.74) is 6.67. The molecule has 0 amide bonds. The van der Waals surface area contributed by atoms with E-state index in [1.807, 2.05) is 0 Å². The van der Waals surface area contributed by atoms with Crippen LogP contribution in [0.25, 0.3) is 11.4 Å². The first kappa shape index (κ1) is 15.3. The van der Waals surface area contributed by atoms with Crippen molar-refractivity contribution < 1.29 is 19.1 Å². The Morgan fingerprint density at radius 3 is 2.90 bits per heavy atom. The molecule has 0 aliphatic carbocycles. The Kier molecular flexibility index (Phi) is 5.13. The van der Waals surface area contributed by atoms with Crippen LogP contribution in [0.15, 0.2) is 22.7 Å². The second-order valence-electron chi connectivity index (χ2n) is 4.58. The molecule has 7 nitrogen and oxygen atoms in total. The second-order valence-corrected chi connectivity index (χ2v) is 4.58. The summed E-state index contributed by atoms with van der Waals surface area (Å²) in [6, 6.07) is 4.52. The molecule has 1 unspecified atom stereocenters. The van der Waals surface area contributed by atoms with Crippen molar-refractivity contribution in [2.75, 3.05) is 20.8 Å². The molecule has 21 heavy (non-hydrogen) atoms. The lowest BCUT2D eigenvalue weighted by Gasteiger charge is -2.05. The Morgan fingerprint density at radius 1 is 1.38 bits per heavy atom. The molecular weight excluding hydrogens is 274 g/mol. The molecule has 114 valence electrons. The first-order chi connectivity index (χ1) is 10.2. The monoisotopic (exact) mass is 293 g/mol. The summed E-state index contributed by atoms with van der Waals surface area (Å²) in [5.74, 6) is 1.20. The topological polar surface area (TPSA) is 104 Å². The van der Waals surface area contributed by atoms with Crippen molar-refractivity contribution in [2.24, 2.45) is 5.73 Å². The van der Waals surface area contributed by atoms with E-state index in [-0.39, 0.29) is 11.8 Å². The Hall–Kier alpha value is -2.12. The number of aromatic nitrogens is 2. The summed E-state index contributed by atoms with van der Waals surface area (Å²) in [6.45, 7) is 0.643. The number of methoxy groups -OCH3 is 2. The molecule has 7 heteroatoms. The highest BCUT2D eigenvalue weighted by Crippen LogP contribution is 2.30. The third kappa shape index (κ3) is 3.71. The molecule has 3 N–H and O–H groups in total. The number of benzene rings is 1. The smallest absolute Gasteiger partial charge is 0.243 e. The Morgan fingerprint density at radius 2 is 2.19 bits per heavy atom. The lowest BCUT2D eigenvalue weighted by molar-refractivity contribution is 0.188. The second kappa shape index (κ2) is 7.05. The molecule has 1 aromatic heterocycles. The largest absolute Gasteiger partial charge is 0.504 e. The summed E-state index contributed by atoms with van der Waals surface area (Å²) >= 11 is 0. The maximum Gasteiger partial charge on any atom is 0.243 e. The van der Waals surface area contributed by atoms with E-state index in [0.29, 0.717) is 36.1 Å². The van der Waals surface area contributed by atoms with Gasteiger partial charge in [-0.3, -0.25) is 0 Å². The molecule has 0 bridgehead atoms. The molecule has 0 aliphatic rings. The number of rotatable bonds is 7. The minimum absolute atomic E-state index is 0.0567. The van der Waals surface area contributed by atoms with E-state index in [4.69, 9.17) is 19.7 Å². The highest BCUT2D eigenvalue weighted by molar-refractivity contribution is 5.60. The van der Waals surface area contributed by atoms with Crippen molar-refractivity contribution in [3.05, 3.63) is 24.1 Å². The van der Waals surface area contributed by atoms with Gasteiger partial charge in [-0.15, -0.1) is 0 Å². The van der Waals surface area contributed by atoms with Crippen LogP contribution in [0.3, 0.4) is 0 Å². The van der Waals surface area contributed by atoms with Gasteiger partial charge in [-0.05, 0) is 31.0 Å². The third-order valence-corrected chi connectivity index (χ3v) is 3.06. The highest BCUT2D eigenvalue weighted by atomic mass is 16.5. The minimum atomic E-state index is -0.319. The first-order valence-corrected chi connectivity index (χ1v) is 6.61. The van der Waals surface area contributed by atoms with Crippen LogP contribution in [0.4, 0.5) is 0 Å².